The maximum absolute atomic E-state index is 12.5. The predicted octanol–water partition coefficient (Wildman–Crippen LogP) is 1.98. The van der Waals surface area contributed by atoms with Gasteiger partial charge in [0, 0.05) is 50.1 Å². The minimum Gasteiger partial charge on any atom is -0.372 e. The van der Waals surface area contributed by atoms with Crippen LogP contribution in [0, 0.1) is 0 Å². The minimum absolute atomic E-state index is 0.107. The maximum Gasteiger partial charge on any atom is 0.255 e. The lowest BCUT2D eigenvalue weighted by molar-refractivity contribution is -0.134. The van der Waals surface area contributed by atoms with Crippen LogP contribution in [-0.2, 0) is 11.3 Å². The van der Waals surface area contributed by atoms with Gasteiger partial charge in [-0.1, -0.05) is 0 Å². The fourth-order valence-electron chi connectivity index (χ4n) is 3.64. The molecule has 6 nitrogen and oxygen atoms in total. The quantitative estimate of drug-likeness (QED) is 0.923. The summed E-state index contributed by atoms with van der Waals surface area (Å²) in [5.41, 5.74) is 0.630. The average molecular weight is 346 g/mol. The van der Waals surface area contributed by atoms with Gasteiger partial charge in [0.05, 0.1) is 24.3 Å². The zero-order valence-electron chi connectivity index (χ0n) is 13.6. The Morgan fingerprint density at radius 3 is 2.96 bits per heavy atom. The number of nitrogens with zero attached hydrogens (tertiary/aromatic N) is 3. The van der Waals surface area contributed by atoms with Crippen molar-refractivity contribution in [3.8, 4) is 0 Å². The summed E-state index contributed by atoms with van der Waals surface area (Å²) in [6.07, 6.45) is 7.22. The molecule has 24 heavy (non-hydrogen) atoms. The number of hydrogen-bond donors (Lipinski definition) is 1. The highest BCUT2D eigenvalue weighted by molar-refractivity contribution is 7.09. The Morgan fingerprint density at radius 2 is 2.25 bits per heavy atom. The van der Waals surface area contributed by atoms with Crippen molar-refractivity contribution in [2.45, 2.75) is 25.0 Å². The van der Waals surface area contributed by atoms with E-state index in [9.17, 15) is 4.79 Å². The van der Waals surface area contributed by atoms with Crippen molar-refractivity contribution in [2.75, 3.05) is 32.8 Å². The molecule has 2 aliphatic heterocycles. The van der Waals surface area contributed by atoms with Crippen molar-refractivity contribution in [3.63, 3.8) is 0 Å². The monoisotopic (exact) mass is 346 g/mol. The number of hydrogen-bond acceptors (Lipinski definition) is 5. The number of amides is 1. The number of ether oxygens (including phenoxy) is 1. The lowest BCUT2D eigenvalue weighted by atomic mass is 9.89. The van der Waals surface area contributed by atoms with Gasteiger partial charge in [-0.15, -0.1) is 11.3 Å². The van der Waals surface area contributed by atoms with Gasteiger partial charge in [0.25, 0.3) is 5.91 Å². The lowest BCUT2D eigenvalue weighted by Crippen LogP contribution is -2.57. The summed E-state index contributed by atoms with van der Waals surface area (Å²) in [5.74, 6) is 0.113. The van der Waals surface area contributed by atoms with Crippen LogP contribution in [0.1, 0.15) is 28.2 Å². The molecule has 0 aromatic carbocycles. The molecule has 1 amide bonds. The van der Waals surface area contributed by atoms with E-state index < -0.39 is 0 Å². The van der Waals surface area contributed by atoms with Gasteiger partial charge in [0.1, 0.15) is 5.01 Å². The Morgan fingerprint density at radius 1 is 1.38 bits per heavy atom. The second-order valence-electron chi connectivity index (χ2n) is 6.56. The summed E-state index contributed by atoms with van der Waals surface area (Å²) in [7, 11) is 0. The van der Waals surface area contributed by atoms with Crippen LogP contribution in [0.3, 0.4) is 0 Å². The van der Waals surface area contributed by atoms with Crippen molar-refractivity contribution in [3.05, 3.63) is 40.6 Å². The number of piperidine rings is 1. The average Bonchev–Trinajstić information content (AvgIpc) is 3.29. The number of aromatic amines is 1. The third kappa shape index (κ3) is 3.24. The molecule has 0 unspecified atom stereocenters. The number of rotatable bonds is 3. The van der Waals surface area contributed by atoms with Gasteiger partial charge in [-0.2, -0.15) is 0 Å². The molecule has 1 N–H and O–H groups in total. The summed E-state index contributed by atoms with van der Waals surface area (Å²) in [4.78, 5) is 24.2. The van der Waals surface area contributed by atoms with Gasteiger partial charge in [-0.25, -0.2) is 4.98 Å². The molecule has 2 aliphatic rings. The third-order valence-corrected chi connectivity index (χ3v) is 5.74. The molecule has 0 bridgehead atoms. The molecule has 7 heteroatoms. The van der Waals surface area contributed by atoms with Crippen LogP contribution in [0.4, 0.5) is 0 Å². The van der Waals surface area contributed by atoms with E-state index in [-0.39, 0.29) is 11.5 Å². The van der Waals surface area contributed by atoms with Crippen LogP contribution in [-0.4, -0.2) is 64.1 Å². The van der Waals surface area contributed by atoms with Gasteiger partial charge >= 0.3 is 0 Å². The van der Waals surface area contributed by atoms with E-state index in [1.54, 1.807) is 23.7 Å². The number of carbonyl (C=O) groups is 1. The summed E-state index contributed by atoms with van der Waals surface area (Å²) in [6, 6.07) is 1.83. The van der Waals surface area contributed by atoms with Crippen molar-refractivity contribution < 1.29 is 9.53 Å². The molecule has 0 aliphatic carbocycles. The van der Waals surface area contributed by atoms with Crippen LogP contribution in [0.15, 0.2) is 30.0 Å². The summed E-state index contributed by atoms with van der Waals surface area (Å²) < 4.78 is 6.17. The molecule has 4 rings (SSSR count). The van der Waals surface area contributed by atoms with Gasteiger partial charge in [0.2, 0.25) is 0 Å². The summed E-state index contributed by atoms with van der Waals surface area (Å²) >= 11 is 1.70. The number of carbonyl (C=O) groups excluding carboxylic acids is 1. The van der Waals surface area contributed by atoms with Crippen LogP contribution >= 0.6 is 11.3 Å². The Bertz CT molecular complexity index is 663. The maximum atomic E-state index is 12.5. The molecule has 0 atom stereocenters. The number of thiazole rings is 1. The van der Waals surface area contributed by atoms with Gasteiger partial charge < -0.3 is 14.6 Å². The number of nitrogens with one attached hydrogen (secondary N) is 1. The predicted molar refractivity (Wildman–Crippen MR) is 92.0 cm³/mol. The fourth-order valence-corrected chi connectivity index (χ4v) is 4.30. The molecular weight excluding hydrogens is 324 g/mol. The number of H-pyrrole nitrogens is 1. The molecule has 2 fully saturated rings. The highest BCUT2D eigenvalue weighted by Crippen LogP contribution is 2.31. The lowest BCUT2D eigenvalue weighted by Gasteiger charge is -2.47. The molecule has 0 radical (unpaired) electrons. The molecule has 1 spiro atoms. The first-order valence-corrected chi connectivity index (χ1v) is 9.29. The standard InChI is InChI=1S/C17H22N4O2S/c22-16(14-1-4-18-11-14)21-6-2-17(3-7-21)13-20(8-9-23-17)12-15-19-5-10-24-15/h1,4-5,10-11,18H,2-3,6-9,12-13H2. The number of aromatic nitrogens is 2. The van der Waals surface area contributed by atoms with E-state index in [0.29, 0.717) is 0 Å². The van der Waals surface area contributed by atoms with E-state index >= 15 is 0 Å². The third-order valence-electron chi connectivity index (χ3n) is 4.98. The summed E-state index contributed by atoms with van der Waals surface area (Å²) in [5, 5.41) is 3.18. The second kappa shape index (κ2) is 6.66. The first-order chi connectivity index (χ1) is 11.7. The first kappa shape index (κ1) is 15.8. The Labute approximate surface area is 145 Å². The topological polar surface area (TPSA) is 61.5 Å². The van der Waals surface area contributed by atoms with E-state index in [2.05, 4.69) is 14.9 Å². The Balaban J connectivity index is 1.36. The van der Waals surface area contributed by atoms with Crippen molar-refractivity contribution in [2.24, 2.45) is 0 Å². The van der Waals surface area contributed by atoms with Crippen molar-refractivity contribution in [1.29, 1.82) is 0 Å². The van der Waals surface area contributed by atoms with Gasteiger partial charge in [-0.05, 0) is 18.9 Å². The Hall–Kier alpha value is -1.70. The van der Waals surface area contributed by atoms with Crippen LogP contribution in [0.25, 0.3) is 0 Å². The zero-order chi connectivity index (χ0) is 16.4. The van der Waals surface area contributed by atoms with Crippen molar-refractivity contribution >= 4 is 17.2 Å². The zero-order valence-corrected chi connectivity index (χ0v) is 14.4. The molecule has 0 saturated carbocycles. The van der Waals surface area contributed by atoms with E-state index in [0.717, 1.165) is 62.7 Å². The Kier molecular flexibility index (Phi) is 4.39. The molecule has 2 aromatic rings. The van der Waals surface area contributed by atoms with Crippen LogP contribution < -0.4 is 0 Å². The van der Waals surface area contributed by atoms with E-state index in [4.69, 9.17) is 4.74 Å². The fraction of sp³-hybridized carbons (Fsp3) is 0.529. The molecule has 2 aromatic heterocycles. The molecular formula is C17H22N4O2S. The summed E-state index contributed by atoms with van der Waals surface area (Å²) in [6.45, 7) is 5.06. The van der Waals surface area contributed by atoms with E-state index in [1.807, 2.05) is 22.5 Å². The van der Waals surface area contributed by atoms with Gasteiger partial charge in [-0.3, -0.25) is 9.69 Å². The highest BCUT2D eigenvalue weighted by Gasteiger charge is 2.40. The molecule has 4 heterocycles. The first-order valence-electron chi connectivity index (χ1n) is 8.41. The van der Waals surface area contributed by atoms with Gasteiger partial charge in [0.15, 0.2) is 0 Å². The van der Waals surface area contributed by atoms with Crippen molar-refractivity contribution in [1.82, 2.24) is 19.8 Å². The highest BCUT2D eigenvalue weighted by atomic mass is 32.1. The second-order valence-corrected chi connectivity index (χ2v) is 7.54. The largest absolute Gasteiger partial charge is 0.372 e. The molecule has 2 saturated heterocycles. The number of morpholine rings is 1. The molecule has 128 valence electrons. The van der Waals surface area contributed by atoms with Crippen LogP contribution in [0.5, 0.6) is 0 Å². The SMILES string of the molecule is O=C(c1cc[nH]c1)N1CCC2(CC1)CN(Cc1nccs1)CCO2. The normalized spacial score (nSPS) is 21.2. The number of likely N-dealkylation sites (tertiary alicyclic amines) is 1. The van der Waals surface area contributed by atoms with Crippen LogP contribution in [0.2, 0.25) is 0 Å². The minimum atomic E-state index is -0.107. The van der Waals surface area contributed by atoms with E-state index in [1.165, 1.54) is 0 Å². The smallest absolute Gasteiger partial charge is 0.255 e.